The SMILES string of the molecule is CC1CN(CCCCCc2cc([SiH](C)C)ccc2C(F)(F)F)CC(C)O1. The average molecular weight is 388 g/mol. The molecule has 0 spiro atoms. The van der Waals surface area contributed by atoms with Gasteiger partial charge in [0.15, 0.2) is 0 Å². The second kappa shape index (κ2) is 9.38. The van der Waals surface area contributed by atoms with E-state index in [1.807, 2.05) is 6.07 Å². The van der Waals surface area contributed by atoms with Crippen molar-refractivity contribution in [3.05, 3.63) is 29.3 Å². The number of hydrogen-bond donors (Lipinski definition) is 0. The van der Waals surface area contributed by atoms with Crippen molar-refractivity contribution in [2.24, 2.45) is 0 Å². The molecule has 0 amide bonds. The van der Waals surface area contributed by atoms with Gasteiger partial charge in [-0.2, -0.15) is 13.2 Å². The van der Waals surface area contributed by atoms with Crippen molar-refractivity contribution in [1.29, 1.82) is 0 Å². The second-order valence-corrected chi connectivity index (χ2v) is 10.9. The zero-order chi connectivity index (χ0) is 19.3. The summed E-state index contributed by atoms with van der Waals surface area (Å²) in [6, 6.07) is 4.77. The van der Waals surface area contributed by atoms with Crippen LogP contribution in [0.1, 0.15) is 44.2 Å². The van der Waals surface area contributed by atoms with Crippen LogP contribution >= 0.6 is 0 Å². The molecule has 0 N–H and O–H groups in total. The van der Waals surface area contributed by atoms with Gasteiger partial charge in [-0.3, -0.25) is 4.90 Å². The van der Waals surface area contributed by atoms with Gasteiger partial charge >= 0.3 is 6.18 Å². The highest BCUT2D eigenvalue weighted by Gasteiger charge is 2.33. The predicted molar refractivity (Wildman–Crippen MR) is 104 cm³/mol. The highest BCUT2D eigenvalue weighted by atomic mass is 28.3. The van der Waals surface area contributed by atoms with Crippen molar-refractivity contribution in [2.75, 3.05) is 19.6 Å². The number of ether oxygens (including phenoxy) is 1. The topological polar surface area (TPSA) is 12.5 Å². The molecule has 1 fully saturated rings. The Balaban J connectivity index is 1.85. The third kappa shape index (κ3) is 6.39. The van der Waals surface area contributed by atoms with E-state index in [1.54, 1.807) is 6.07 Å². The molecule has 148 valence electrons. The Kier molecular flexibility index (Phi) is 7.73. The zero-order valence-corrected chi connectivity index (χ0v) is 17.6. The number of benzene rings is 1. The van der Waals surface area contributed by atoms with Gasteiger partial charge in [0.05, 0.1) is 26.6 Å². The maximum atomic E-state index is 13.3. The van der Waals surface area contributed by atoms with Crippen LogP contribution in [0.4, 0.5) is 13.2 Å². The summed E-state index contributed by atoms with van der Waals surface area (Å²) in [5, 5.41) is 1.12. The molecule has 6 heteroatoms. The van der Waals surface area contributed by atoms with Crippen molar-refractivity contribution in [3.8, 4) is 0 Å². The van der Waals surface area contributed by atoms with E-state index in [-0.39, 0.29) is 12.2 Å². The summed E-state index contributed by atoms with van der Waals surface area (Å²) in [6.45, 7) is 11.4. The van der Waals surface area contributed by atoms with Crippen LogP contribution < -0.4 is 5.19 Å². The van der Waals surface area contributed by atoms with E-state index in [9.17, 15) is 13.2 Å². The molecular formula is C20H32F3NOSi. The van der Waals surface area contributed by atoms with Crippen molar-refractivity contribution in [3.63, 3.8) is 0 Å². The maximum absolute atomic E-state index is 13.3. The number of rotatable bonds is 7. The Morgan fingerprint density at radius 3 is 2.31 bits per heavy atom. The van der Waals surface area contributed by atoms with Gasteiger partial charge in [0.2, 0.25) is 0 Å². The first-order valence-electron chi connectivity index (χ1n) is 9.74. The number of halogens is 3. The quantitative estimate of drug-likeness (QED) is 0.513. The first-order valence-corrected chi connectivity index (χ1v) is 12.6. The smallest absolute Gasteiger partial charge is 0.373 e. The van der Waals surface area contributed by atoms with Crippen molar-refractivity contribution in [2.45, 2.75) is 71.0 Å². The van der Waals surface area contributed by atoms with Crippen molar-refractivity contribution < 1.29 is 17.9 Å². The van der Waals surface area contributed by atoms with E-state index in [0.29, 0.717) is 12.0 Å². The van der Waals surface area contributed by atoms with E-state index in [0.717, 1.165) is 44.1 Å². The van der Waals surface area contributed by atoms with Gasteiger partial charge in [0.25, 0.3) is 0 Å². The fourth-order valence-corrected chi connectivity index (χ4v) is 4.77. The minimum absolute atomic E-state index is 0.260. The molecule has 1 aliphatic rings. The number of alkyl halides is 3. The van der Waals surface area contributed by atoms with Crippen LogP contribution in [0.15, 0.2) is 18.2 Å². The lowest BCUT2D eigenvalue weighted by atomic mass is 10.0. The summed E-state index contributed by atoms with van der Waals surface area (Å²) in [5.41, 5.74) is 0.0246. The number of hydrogen-bond acceptors (Lipinski definition) is 2. The monoisotopic (exact) mass is 387 g/mol. The summed E-state index contributed by atoms with van der Waals surface area (Å²) in [5.74, 6) is 0. The summed E-state index contributed by atoms with van der Waals surface area (Å²) >= 11 is 0. The van der Waals surface area contributed by atoms with E-state index in [4.69, 9.17) is 4.74 Å². The molecule has 1 saturated heterocycles. The van der Waals surface area contributed by atoms with Crippen LogP contribution in [0.3, 0.4) is 0 Å². The van der Waals surface area contributed by atoms with Crippen molar-refractivity contribution in [1.82, 2.24) is 4.90 Å². The van der Waals surface area contributed by atoms with Gasteiger partial charge in [-0.15, -0.1) is 0 Å². The first kappa shape index (κ1) is 21.4. The molecule has 0 aromatic heterocycles. The third-order valence-corrected chi connectivity index (χ3v) is 6.71. The van der Waals surface area contributed by atoms with E-state index in [2.05, 4.69) is 31.8 Å². The predicted octanol–water partition coefficient (Wildman–Crippen LogP) is 4.22. The Morgan fingerprint density at radius 1 is 1.08 bits per heavy atom. The molecule has 2 atom stereocenters. The lowest BCUT2D eigenvalue weighted by molar-refractivity contribution is -0.138. The molecule has 2 unspecified atom stereocenters. The minimum Gasteiger partial charge on any atom is -0.373 e. The van der Waals surface area contributed by atoms with Gasteiger partial charge < -0.3 is 4.74 Å². The molecule has 0 radical (unpaired) electrons. The Morgan fingerprint density at radius 2 is 1.73 bits per heavy atom. The van der Waals surface area contributed by atoms with Gasteiger partial charge in [-0.05, 0) is 51.3 Å². The fraction of sp³-hybridized carbons (Fsp3) is 0.700. The summed E-state index contributed by atoms with van der Waals surface area (Å²) in [7, 11) is -1.10. The van der Waals surface area contributed by atoms with Gasteiger partial charge in [-0.25, -0.2) is 0 Å². The molecule has 2 nitrogen and oxygen atoms in total. The molecule has 0 aliphatic carbocycles. The molecule has 1 heterocycles. The van der Waals surface area contributed by atoms with Crippen LogP contribution in [-0.4, -0.2) is 45.5 Å². The second-order valence-electron chi connectivity index (χ2n) is 7.90. The Hall–Kier alpha value is -0.853. The van der Waals surface area contributed by atoms with E-state index >= 15 is 0 Å². The van der Waals surface area contributed by atoms with Gasteiger partial charge in [0, 0.05) is 13.1 Å². The van der Waals surface area contributed by atoms with Crippen LogP contribution in [-0.2, 0) is 17.3 Å². The highest BCUT2D eigenvalue weighted by molar-refractivity contribution is 6.70. The number of unbranched alkanes of at least 4 members (excludes halogenated alkanes) is 2. The summed E-state index contributed by atoms with van der Waals surface area (Å²) in [6.07, 6.45) is -0.430. The van der Waals surface area contributed by atoms with E-state index in [1.165, 1.54) is 6.07 Å². The largest absolute Gasteiger partial charge is 0.416 e. The number of aryl methyl sites for hydroxylation is 1. The van der Waals surface area contributed by atoms with Crippen LogP contribution in [0.25, 0.3) is 0 Å². The normalized spacial score (nSPS) is 22.2. The molecule has 0 saturated carbocycles. The number of nitrogens with zero attached hydrogens (tertiary/aromatic N) is 1. The lowest BCUT2D eigenvalue weighted by Crippen LogP contribution is -2.45. The minimum atomic E-state index is -4.26. The molecule has 26 heavy (non-hydrogen) atoms. The van der Waals surface area contributed by atoms with Gasteiger partial charge in [0.1, 0.15) is 0 Å². The van der Waals surface area contributed by atoms with Crippen LogP contribution in [0, 0.1) is 0 Å². The van der Waals surface area contributed by atoms with Crippen molar-refractivity contribution >= 4 is 14.0 Å². The molecule has 2 rings (SSSR count). The Bertz CT molecular complexity index is 567. The van der Waals surface area contributed by atoms with Crippen LogP contribution in [0.2, 0.25) is 13.1 Å². The van der Waals surface area contributed by atoms with Crippen LogP contribution in [0.5, 0.6) is 0 Å². The molecule has 1 aliphatic heterocycles. The molecule has 0 bridgehead atoms. The third-order valence-electron chi connectivity index (χ3n) is 5.02. The first-order chi connectivity index (χ1) is 12.2. The molecule has 1 aromatic carbocycles. The fourth-order valence-electron chi connectivity index (χ4n) is 3.75. The molecular weight excluding hydrogens is 355 g/mol. The molecule has 1 aromatic rings. The standard InChI is InChI=1S/C20H32F3NOSi/c1-15-13-24(14-16(2)25-15)11-7-5-6-8-17-12-18(26(3)4)9-10-19(17)20(21,22)23/h9-10,12,15-16,26H,5-8,11,13-14H2,1-4H3. The average Bonchev–Trinajstić information content (AvgIpc) is 2.52. The van der Waals surface area contributed by atoms with E-state index < -0.39 is 20.5 Å². The Labute approximate surface area is 157 Å². The zero-order valence-electron chi connectivity index (χ0n) is 16.4. The lowest BCUT2D eigenvalue weighted by Gasteiger charge is -2.35. The highest BCUT2D eigenvalue weighted by Crippen LogP contribution is 2.32. The summed E-state index contributed by atoms with van der Waals surface area (Å²) < 4.78 is 45.5. The number of morpholine rings is 1. The maximum Gasteiger partial charge on any atom is 0.416 e. The van der Waals surface area contributed by atoms with Gasteiger partial charge in [-0.1, -0.05) is 36.8 Å². The summed E-state index contributed by atoms with van der Waals surface area (Å²) in [4.78, 5) is 2.41.